The van der Waals surface area contributed by atoms with Crippen LogP contribution in [-0.2, 0) is 4.79 Å². The lowest BCUT2D eigenvalue weighted by molar-refractivity contribution is -0.118. The molecule has 0 aliphatic carbocycles. The maximum Gasteiger partial charge on any atom is 0.387 e. The molecule has 1 aliphatic rings. The molecule has 0 aromatic heterocycles. The zero-order chi connectivity index (χ0) is 16.1. The number of piperidine rings is 1. The number of carbonyl (C=O) groups is 1. The highest BCUT2D eigenvalue weighted by Gasteiger charge is 2.25. The molecule has 1 aliphatic heterocycles. The summed E-state index contributed by atoms with van der Waals surface area (Å²) in [6.45, 7) is -0.215. The van der Waals surface area contributed by atoms with Crippen molar-refractivity contribution in [1.82, 2.24) is 4.90 Å². The van der Waals surface area contributed by atoms with Crippen molar-refractivity contribution in [2.75, 3.05) is 18.4 Å². The number of carbonyl (C=O) groups excluding carboxylic acids is 1. The van der Waals surface area contributed by atoms with E-state index < -0.39 is 6.61 Å². The van der Waals surface area contributed by atoms with Gasteiger partial charge in [-0.05, 0) is 31.9 Å². The van der Waals surface area contributed by atoms with Crippen molar-refractivity contribution in [3.8, 4) is 5.75 Å². The van der Waals surface area contributed by atoms with Crippen LogP contribution >= 0.6 is 0 Å². The number of nitrogens with one attached hydrogen (secondary N) is 1. The number of alkyl halides is 2. The smallest absolute Gasteiger partial charge is 0.387 e. The molecule has 2 atom stereocenters. The summed E-state index contributed by atoms with van der Waals surface area (Å²) in [5.74, 6) is -0.360. The minimum absolute atomic E-state index is 0.0621. The number of anilines is 1. The fraction of sp³-hybridized carbons (Fsp3) is 0.533. The van der Waals surface area contributed by atoms with Gasteiger partial charge in [-0.1, -0.05) is 12.1 Å². The van der Waals surface area contributed by atoms with Crippen LogP contribution in [0.4, 0.5) is 14.5 Å². The van der Waals surface area contributed by atoms with Crippen molar-refractivity contribution < 1.29 is 23.4 Å². The maximum atomic E-state index is 12.3. The zero-order valence-corrected chi connectivity index (χ0v) is 12.3. The summed E-state index contributed by atoms with van der Waals surface area (Å²) in [5, 5.41) is 12.2. The van der Waals surface area contributed by atoms with E-state index in [1.54, 1.807) is 12.1 Å². The number of aliphatic hydroxyl groups excluding tert-OH is 1. The Morgan fingerprint density at radius 2 is 2.23 bits per heavy atom. The molecule has 0 radical (unpaired) electrons. The maximum absolute atomic E-state index is 12.3. The molecule has 1 saturated heterocycles. The van der Waals surface area contributed by atoms with Crippen molar-refractivity contribution in [3.63, 3.8) is 0 Å². The Bertz CT molecular complexity index is 513. The Morgan fingerprint density at radius 1 is 1.50 bits per heavy atom. The van der Waals surface area contributed by atoms with Crippen LogP contribution in [0.15, 0.2) is 24.3 Å². The molecule has 0 saturated carbocycles. The van der Waals surface area contributed by atoms with Crippen molar-refractivity contribution in [1.29, 1.82) is 0 Å². The summed E-state index contributed by atoms with van der Waals surface area (Å²) >= 11 is 0. The summed E-state index contributed by atoms with van der Waals surface area (Å²) in [4.78, 5) is 14.0. The number of benzene rings is 1. The number of hydrogen-bond acceptors (Lipinski definition) is 4. The summed E-state index contributed by atoms with van der Waals surface area (Å²) in [6, 6.07) is 6.18. The highest BCUT2D eigenvalue weighted by Crippen LogP contribution is 2.25. The molecule has 1 heterocycles. The number of hydrogen-bond donors (Lipinski definition) is 2. The number of halogens is 2. The van der Waals surface area contributed by atoms with Gasteiger partial charge in [0.2, 0.25) is 5.91 Å². The van der Waals surface area contributed by atoms with E-state index in [9.17, 15) is 18.7 Å². The molecule has 122 valence electrons. The predicted molar refractivity (Wildman–Crippen MR) is 78.0 cm³/mol. The second-order valence-electron chi connectivity index (χ2n) is 5.42. The lowest BCUT2D eigenvalue weighted by Gasteiger charge is -2.35. The van der Waals surface area contributed by atoms with Gasteiger partial charge in [0.05, 0.1) is 18.3 Å². The minimum Gasteiger partial charge on any atom is -0.433 e. The molecule has 1 aromatic carbocycles. The van der Waals surface area contributed by atoms with Crippen molar-refractivity contribution >= 4 is 11.6 Å². The molecule has 5 nitrogen and oxygen atoms in total. The molecule has 1 aromatic rings. The van der Waals surface area contributed by atoms with E-state index in [1.807, 2.05) is 11.8 Å². The Hall–Kier alpha value is -1.73. The van der Waals surface area contributed by atoms with E-state index in [1.165, 1.54) is 12.1 Å². The lowest BCUT2D eigenvalue weighted by Crippen LogP contribution is -2.46. The van der Waals surface area contributed by atoms with E-state index in [-0.39, 0.29) is 36.0 Å². The van der Waals surface area contributed by atoms with Gasteiger partial charge in [-0.15, -0.1) is 0 Å². The third kappa shape index (κ3) is 4.64. The first-order chi connectivity index (χ1) is 10.5. The first-order valence-electron chi connectivity index (χ1n) is 7.21. The molecule has 2 N–H and O–H groups in total. The average Bonchev–Trinajstić information content (AvgIpc) is 2.43. The predicted octanol–water partition coefficient (Wildman–Crippen LogP) is 2.07. The Morgan fingerprint density at radius 3 is 2.91 bits per heavy atom. The molecule has 0 unspecified atom stereocenters. The van der Waals surface area contributed by atoms with Crippen LogP contribution < -0.4 is 10.1 Å². The summed E-state index contributed by atoms with van der Waals surface area (Å²) in [7, 11) is 0. The number of ether oxygens (including phenoxy) is 1. The largest absolute Gasteiger partial charge is 0.433 e. The average molecular weight is 314 g/mol. The molecule has 2 rings (SSSR count). The first kappa shape index (κ1) is 16.6. The molecular weight excluding hydrogens is 294 g/mol. The van der Waals surface area contributed by atoms with Gasteiger partial charge in [-0.25, -0.2) is 0 Å². The van der Waals surface area contributed by atoms with Gasteiger partial charge in [0.1, 0.15) is 5.75 Å². The number of likely N-dealkylation sites (tertiary alicyclic amines) is 1. The van der Waals surface area contributed by atoms with Crippen LogP contribution in [-0.4, -0.2) is 47.8 Å². The van der Waals surface area contributed by atoms with Crippen LogP contribution in [0.25, 0.3) is 0 Å². The third-order valence-electron chi connectivity index (χ3n) is 3.71. The highest BCUT2D eigenvalue weighted by atomic mass is 19.3. The topological polar surface area (TPSA) is 61.8 Å². The molecule has 1 amide bonds. The van der Waals surface area contributed by atoms with Gasteiger partial charge in [-0.3, -0.25) is 9.69 Å². The number of para-hydroxylation sites is 2. The molecule has 1 fully saturated rings. The molecule has 0 bridgehead atoms. The summed E-state index contributed by atoms with van der Waals surface area (Å²) < 4.78 is 29.0. The normalized spacial score (nSPS) is 22.6. The SMILES string of the molecule is C[C@@H]1C[C@@H](O)CCN1CC(=O)Nc1ccccc1OC(F)F. The van der Waals surface area contributed by atoms with E-state index >= 15 is 0 Å². The monoisotopic (exact) mass is 314 g/mol. The zero-order valence-electron chi connectivity index (χ0n) is 12.3. The Kier molecular flexibility index (Phi) is 5.68. The van der Waals surface area contributed by atoms with Crippen LogP contribution in [0.5, 0.6) is 5.75 Å². The van der Waals surface area contributed by atoms with Crippen molar-refractivity contribution in [3.05, 3.63) is 24.3 Å². The van der Waals surface area contributed by atoms with Crippen LogP contribution in [0.2, 0.25) is 0 Å². The van der Waals surface area contributed by atoms with Gasteiger partial charge in [-0.2, -0.15) is 8.78 Å². The van der Waals surface area contributed by atoms with E-state index in [4.69, 9.17) is 0 Å². The number of nitrogens with zero attached hydrogens (tertiary/aromatic N) is 1. The van der Waals surface area contributed by atoms with Gasteiger partial charge >= 0.3 is 6.61 Å². The molecular formula is C15H20F2N2O3. The van der Waals surface area contributed by atoms with Gasteiger partial charge in [0.15, 0.2) is 0 Å². The second kappa shape index (κ2) is 7.51. The summed E-state index contributed by atoms with van der Waals surface area (Å²) in [6.07, 6.45) is 0.926. The van der Waals surface area contributed by atoms with Crippen molar-refractivity contribution in [2.24, 2.45) is 0 Å². The van der Waals surface area contributed by atoms with Crippen molar-refractivity contribution in [2.45, 2.75) is 38.5 Å². The molecule has 22 heavy (non-hydrogen) atoms. The van der Waals surface area contributed by atoms with Gasteiger partial charge in [0, 0.05) is 12.6 Å². The van der Waals surface area contributed by atoms with Crippen LogP contribution in [0.3, 0.4) is 0 Å². The van der Waals surface area contributed by atoms with Gasteiger partial charge in [0.25, 0.3) is 0 Å². The van der Waals surface area contributed by atoms with E-state index in [0.717, 1.165) is 0 Å². The van der Waals surface area contributed by atoms with Gasteiger partial charge < -0.3 is 15.2 Å². The van der Waals surface area contributed by atoms with Crippen LogP contribution in [0.1, 0.15) is 19.8 Å². The lowest BCUT2D eigenvalue weighted by atomic mass is 10.0. The molecule has 7 heteroatoms. The standard InChI is InChI=1S/C15H20F2N2O3/c1-10-8-11(20)6-7-19(10)9-14(21)18-12-4-2-3-5-13(12)22-15(16)17/h2-5,10-11,15,20H,6-9H2,1H3,(H,18,21)/t10-,11+/m1/s1. The van der Waals surface area contributed by atoms with E-state index in [0.29, 0.717) is 19.4 Å². The van der Waals surface area contributed by atoms with E-state index in [2.05, 4.69) is 10.1 Å². The first-order valence-corrected chi connectivity index (χ1v) is 7.21. The minimum atomic E-state index is -2.94. The molecule has 0 spiro atoms. The fourth-order valence-corrected chi connectivity index (χ4v) is 2.57. The number of aliphatic hydroxyl groups is 1. The number of amides is 1. The van der Waals surface area contributed by atoms with Crippen LogP contribution in [0, 0.1) is 0 Å². The Labute approximate surface area is 127 Å². The Balaban J connectivity index is 1.95. The quantitative estimate of drug-likeness (QED) is 0.873. The number of rotatable bonds is 5. The fourth-order valence-electron chi connectivity index (χ4n) is 2.57. The summed E-state index contributed by atoms with van der Waals surface area (Å²) in [5.41, 5.74) is 0.220. The second-order valence-corrected chi connectivity index (χ2v) is 5.42. The highest BCUT2D eigenvalue weighted by molar-refractivity contribution is 5.93. The third-order valence-corrected chi connectivity index (χ3v) is 3.71.